The minimum atomic E-state index is -0.414. The molecule has 2 heterocycles. The van der Waals surface area contributed by atoms with E-state index in [1.54, 1.807) is 12.1 Å². The van der Waals surface area contributed by atoms with Crippen LogP contribution in [0.3, 0.4) is 0 Å². The molecule has 1 atom stereocenters. The van der Waals surface area contributed by atoms with Crippen molar-refractivity contribution >= 4 is 11.9 Å². The molecule has 0 N–H and O–H groups in total. The summed E-state index contributed by atoms with van der Waals surface area (Å²) >= 11 is 0. The lowest BCUT2D eigenvalue weighted by Crippen LogP contribution is -2.42. The third-order valence-electron chi connectivity index (χ3n) is 4.94. The molecule has 1 saturated heterocycles. The Kier molecular flexibility index (Phi) is 5.61. The van der Waals surface area contributed by atoms with E-state index in [-0.39, 0.29) is 17.9 Å². The van der Waals surface area contributed by atoms with Crippen molar-refractivity contribution in [1.82, 2.24) is 4.90 Å². The highest BCUT2D eigenvalue weighted by atomic mass is 16.5. The molecule has 2 aliphatic rings. The van der Waals surface area contributed by atoms with E-state index in [1.807, 2.05) is 17.9 Å². The molecule has 6 nitrogen and oxygen atoms in total. The summed E-state index contributed by atoms with van der Waals surface area (Å²) in [6.07, 6.45) is 1.19. The molecule has 0 saturated carbocycles. The van der Waals surface area contributed by atoms with Gasteiger partial charge in [0, 0.05) is 31.2 Å². The fraction of sp³-hybridized carbons (Fsp3) is 0.500. The second-order valence-electron chi connectivity index (χ2n) is 6.87. The molecule has 1 amide bonds. The number of carbonyl (C=O) groups excluding carboxylic acids is 2. The average Bonchev–Trinajstić information content (AvgIpc) is 2.86. The lowest BCUT2D eigenvalue weighted by atomic mass is 9.98. The first-order valence-corrected chi connectivity index (χ1v) is 8.89. The smallest absolute Gasteiger partial charge is 0.337 e. The zero-order chi connectivity index (χ0) is 18.7. The van der Waals surface area contributed by atoms with Gasteiger partial charge in [0.1, 0.15) is 11.9 Å². The Morgan fingerprint density at radius 3 is 2.65 bits per heavy atom. The van der Waals surface area contributed by atoms with Gasteiger partial charge in [-0.2, -0.15) is 0 Å². The van der Waals surface area contributed by atoms with Crippen molar-refractivity contribution in [2.45, 2.75) is 32.4 Å². The zero-order valence-corrected chi connectivity index (χ0v) is 15.3. The molecule has 6 heteroatoms. The number of hydrogen-bond donors (Lipinski definition) is 0. The first kappa shape index (κ1) is 18.5. The van der Waals surface area contributed by atoms with Crippen molar-refractivity contribution in [2.24, 2.45) is 5.92 Å². The molecule has 2 aliphatic heterocycles. The molecule has 26 heavy (non-hydrogen) atoms. The van der Waals surface area contributed by atoms with E-state index in [4.69, 9.17) is 14.2 Å². The summed E-state index contributed by atoms with van der Waals surface area (Å²) in [6, 6.07) is 5.21. The fourth-order valence-electron chi connectivity index (χ4n) is 3.33. The van der Waals surface area contributed by atoms with Gasteiger partial charge in [0.25, 0.3) is 0 Å². The van der Waals surface area contributed by atoms with Crippen molar-refractivity contribution in [1.29, 1.82) is 0 Å². The summed E-state index contributed by atoms with van der Waals surface area (Å²) in [5.74, 6) is 0.310. The Morgan fingerprint density at radius 2 is 2.00 bits per heavy atom. The SMILES string of the molecule is C=C(C)[C@@H]1CN(C(=O)C2CCOCC2)Cc2ccc(C(=O)OC)cc2O1. The molecule has 0 aliphatic carbocycles. The summed E-state index contributed by atoms with van der Waals surface area (Å²) in [6.45, 7) is 8.05. The molecule has 0 unspecified atom stereocenters. The molecule has 1 aromatic carbocycles. The van der Waals surface area contributed by atoms with Crippen molar-refractivity contribution < 1.29 is 23.8 Å². The number of benzene rings is 1. The highest BCUT2D eigenvalue weighted by Crippen LogP contribution is 2.30. The number of amides is 1. The molecule has 0 bridgehead atoms. The summed E-state index contributed by atoms with van der Waals surface area (Å²) in [5, 5.41) is 0. The van der Waals surface area contributed by atoms with Gasteiger partial charge in [-0.3, -0.25) is 4.79 Å². The number of ether oxygens (including phenoxy) is 3. The van der Waals surface area contributed by atoms with Gasteiger partial charge >= 0.3 is 5.97 Å². The van der Waals surface area contributed by atoms with Crippen molar-refractivity contribution in [3.05, 3.63) is 41.5 Å². The molecular formula is C20H25NO5. The molecule has 1 aromatic rings. The highest BCUT2D eigenvalue weighted by Gasteiger charge is 2.32. The van der Waals surface area contributed by atoms with Gasteiger partial charge in [0.2, 0.25) is 5.91 Å². The van der Waals surface area contributed by atoms with Crippen LogP contribution in [0.2, 0.25) is 0 Å². The predicted octanol–water partition coefficient (Wildman–Crippen LogP) is 2.57. The monoisotopic (exact) mass is 359 g/mol. The molecular weight excluding hydrogens is 334 g/mol. The highest BCUT2D eigenvalue weighted by molar-refractivity contribution is 5.90. The minimum Gasteiger partial charge on any atom is -0.484 e. The van der Waals surface area contributed by atoms with Crippen LogP contribution in [0.1, 0.15) is 35.7 Å². The quantitative estimate of drug-likeness (QED) is 0.613. The normalized spacial score (nSPS) is 20.5. The lowest BCUT2D eigenvalue weighted by molar-refractivity contribution is -0.139. The number of rotatable bonds is 3. The van der Waals surface area contributed by atoms with Crippen LogP contribution < -0.4 is 4.74 Å². The Hall–Kier alpha value is -2.34. The maximum Gasteiger partial charge on any atom is 0.337 e. The summed E-state index contributed by atoms with van der Waals surface area (Å²) in [4.78, 5) is 26.7. The number of fused-ring (bicyclic) bond motifs is 1. The molecule has 140 valence electrons. The Labute approximate surface area is 153 Å². The molecule has 0 spiro atoms. The first-order valence-electron chi connectivity index (χ1n) is 8.89. The van der Waals surface area contributed by atoms with E-state index in [9.17, 15) is 9.59 Å². The van der Waals surface area contributed by atoms with E-state index < -0.39 is 5.97 Å². The number of methoxy groups -OCH3 is 1. The maximum atomic E-state index is 13.0. The number of hydrogen-bond acceptors (Lipinski definition) is 5. The van der Waals surface area contributed by atoms with Gasteiger partial charge in [-0.1, -0.05) is 12.6 Å². The van der Waals surface area contributed by atoms with Crippen molar-refractivity contribution in [3.63, 3.8) is 0 Å². The van der Waals surface area contributed by atoms with Gasteiger partial charge in [0.05, 0.1) is 19.2 Å². The minimum absolute atomic E-state index is 0.00888. The second kappa shape index (κ2) is 7.91. The summed E-state index contributed by atoms with van der Waals surface area (Å²) < 4.78 is 16.2. The molecule has 1 fully saturated rings. The van der Waals surface area contributed by atoms with E-state index in [0.717, 1.165) is 24.0 Å². The van der Waals surface area contributed by atoms with Crippen LogP contribution in [0.4, 0.5) is 0 Å². The maximum absolute atomic E-state index is 13.0. The summed E-state index contributed by atoms with van der Waals surface area (Å²) in [5.41, 5.74) is 2.14. The van der Waals surface area contributed by atoms with Gasteiger partial charge in [-0.15, -0.1) is 0 Å². The Morgan fingerprint density at radius 1 is 1.27 bits per heavy atom. The second-order valence-corrected chi connectivity index (χ2v) is 6.87. The first-order chi connectivity index (χ1) is 12.5. The summed E-state index contributed by atoms with van der Waals surface area (Å²) in [7, 11) is 1.35. The molecule has 0 aromatic heterocycles. The van der Waals surface area contributed by atoms with Crippen LogP contribution in [0.25, 0.3) is 0 Å². The number of nitrogens with zero attached hydrogens (tertiary/aromatic N) is 1. The van der Waals surface area contributed by atoms with Crippen LogP contribution in [-0.2, 0) is 20.8 Å². The Balaban J connectivity index is 1.88. The average molecular weight is 359 g/mol. The van der Waals surface area contributed by atoms with Crippen LogP contribution in [0.5, 0.6) is 5.75 Å². The third-order valence-corrected chi connectivity index (χ3v) is 4.94. The topological polar surface area (TPSA) is 65.1 Å². The molecule has 3 rings (SSSR count). The zero-order valence-electron chi connectivity index (χ0n) is 15.3. The van der Waals surface area contributed by atoms with Crippen LogP contribution in [0.15, 0.2) is 30.4 Å². The lowest BCUT2D eigenvalue weighted by Gasteiger charge is -2.30. The number of esters is 1. The van der Waals surface area contributed by atoms with Gasteiger partial charge < -0.3 is 19.1 Å². The van der Waals surface area contributed by atoms with Gasteiger partial charge in [-0.05, 0) is 37.5 Å². The van der Waals surface area contributed by atoms with Crippen molar-refractivity contribution in [3.8, 4) is 5.75 Å². The fourth-order valence-corrected chi connectivity index (χ4v) is 3.33. The molecule has 0 radical (unpaired) electrons. The van der Waals surface area contributed by atoms with E-state index >= 15 is 0 Å². The van der Waals surface area contributed by atoms with Gasteiger partial charge in [-0.25, -0.2) is 4.79 Å². The van der Waals surface area contributed by atoms with Gasteiger partial charge in [0.15, 0.2) is 0 Å². The van der Waals surface area contributed by atoms with Crippen molar-refractivity contribution in [2.75, 3.05) is 26.9 Å². The third kappa shape index (κ3) is 3.90. The van der Waals surface area contributed by atoms with Crippen LogP contribution in [-0.4, -0.2) is 49.7 Å². The number of carbonyl (C=O) groups is 2. The largest absolute Gasteiger partial charge is 0.484 e. The van der Waals surface area contributed by atoms with E-state index in [0.29, 0.717) is 37.6 Å². The van der Waals surface area contributed by atoms with Crippen LogP contribution in [0, 0.1) is 5.92 Å². The standard InChI is InChI=1S/C20H25NO5/c1-13(2)18-12-21(19(22)14-6-8-25-9-7-14)11-16-5-4-15(20(23)24-3)10-17(16)26-18/h4-5,10,14,18H,1,6-9,11-12H2,2-3H3/t18-/m0/s1. The Bertz CT molecular complexity index is 708. The van der Waals surface area contributed by atoms with E-state index in [1.165, 1.54) is 7.11 Å². The van der Waals surface area contributed by atoms with E-state index in [2.05, 4.69) is 6.58 Å². The van der Waals surface area contributed by atoms with Crippen LogP contribution >= 0.6 is 0 Å². The predicted molar refractivity (Wildman–Crippen MR) is 96.0 cm³/mol.